The summed E-state index contributed by atoms with van der Waals surface area (Å²) >= 11 is 0. The molecule has 0 aromatic heterocycles. The van der Waals surface area contributed by atoms with Crippen LogP contribution in [0.2, 0.25) is 0 Å². The number of carbonyl (C=O) groups excluding carboxylic acids is 2. The molecule has 0 aliphatic rings. The second kappa shape index (κ2) is 7.03. The fraction of sp³-hybridized carbons (Fsp3) is 0.263. The number of hydrogen-bond donors (Lipinski definition) is 0. The number of ether oxygens (including phenoxy) is 1. The summed E-state index contributed by atoms with van der Waals surface area (Å²) in [7, 11) is 0. The molecule has 0 heterocycles. The van der Waals surface area contributed by atoms with E-state index in [0.717, 1.165) is 16.7 Å². The van der Waals surface area contributed by atoms with Gasteiger partial charge in [-0.2, -0.15) is 0 Å². The van der Waals surface area contributed by atoms with Crippen molar-refractivity contribution in [2.45, 2.75) is 33.3 Å². The van der Waals surface area contributed by atoms with Crippen LogP contribution in [0.4, 0.5) is 0 Å². The molecule has 2 rings (SSSR count). The Bertz CT molecular complexity index is 674. The van der Waals surface area contributed by atoms with E-state index in [1.165, 1.54) is 0 Å². The molecule has 1 atom stereocenters. The highest BCUT2D eigenvalue weighted by molar-refractivity contribution is 6.00. The molecule has 3 heteroatoms. The van der Waals surface area contributed by atoms with Crippen LogP contribution in [0, 0.1) is 13.8 Å². The zero-order valence-electron chi connectivity index (χ0n) is 13.1. The van der Waals surface area contributed by atoms with Gasteiger partial charge in [-0.05, 0) is 43.5 Å². The first kappa shape index (κ1) is 16.0. The topological polar surface area (TPSA) is 43.4 Å². The van der Waals surface area contributed by atoms with Crippen molar-refractivity contribution in [3.63, 3.8) is 0 Å². The molecule has 0 radical (unpaired) electrons. The van der Waals surface area contributed by atoms with Gasteiger partial charge in [-0.3, -0.25) is 9.59 Å². The molecule has 0 N–H and O–H groups in total. The van der Waals surface area contributed by atoms with E-state index >= 15 is 0 Å². The van der Waals surface area contributed by atoms with Crippen LogP contribution < -0.4 is 0 Å². The van der Waals surface area contributed by atoms with E-state index in [-0.39, 0.29) is 12.2 Å². The lowest BCUT2D eigenvalue weighted by molar-refractivity contribution is -0.145. The van der Waals surface area contributed by atoms with Crippen LogP contribution in [0.3, 0.4) is 0 Å². The van der Waals surface area contributed by atoms with Crippen LogP contribution in [-0.2, 0) is 16.0 Å². The van der Waals surface area contributed by atoms with Gasteiger partial charge >= 0.3 is 5.97 Å². The Morgan fingerprint density at radius 2 is 1.68 bits per heavy atom. The van der Waals surface area contributed by atoms with Crippen LogP contribution in [0.15, 0.2) is 48.5 Å². The lowest BCUT2D eigenvalue weighted by Crippen LogP contribution is -2.25. The van der Waals surface area contributed by atoms with Gasteiger partial charge < -0.3 is 4.74 Å². The van der Waals surface area contributed by atoms with Crippen molar-refractivity contribution in [2.24, 2.45) is 0 Å². The third-order valence-corrected chi connectivity index (χ3v) is 3.66. The van der Waals surface area contributed by atoms with E-state index in [1.54, 1.807) is 13.0 Å². The van der Waals surface area contributed by atoms with Crippen LogP contribution in [0.25, 0.3) is 0 Å². The van der Waals surface area contributed by atoms with Crippen LogP contribution in [0.1, 0.15) is 34.0 Å². The normalized spacial score (nSPS) is 11.8. The van der Waals surface area contributed by atoms with E-state index in [9.17, 15) is 9.59 Å². The molecule has 2 aromatic rings. The molecule has 0 aliphatic carbocycles. The Morgan fingerprint density at radius 1 is 1.00 bits per heavy atom. The first-order valence-corrected chi connectivity index (χ1v) is 7.32. The Kier molecular flexibility index (Phi) is 5.10. The van der Waals surface area contributed by atoms with Gasteiger partial charge in [-0.25, -0.2) is 0 Å². The summed E-state index contributed by atoms with van der Waals surface area (Å²) in [5.41, 5.74) is 3.63. The van der Waals surface area contributed by atoms with Gasteiger partial charge in [0.05, 0.1) is 6.42 Å². The van der Waals surface area contributed by atoms with Crippen molar-refractivity contribution in [3.05, 3.63) is 70.8 Å². The quantitative estimate of drug-likeness (QED) is 0.624. The van der Waals surface area contributed by atoms with Crippen molar-refractivity contribution in [2.75, 3.05) is 0 Å². The average Bonchev–Trinajstić information content (AvgIpc) is 2.50. The fourth-order valence-corrected chi connectivity index (χ4v) is 2.18. The van der Waals surface area contributed by atoms with E-state index < -0.39 is 12.1 Å². The molecule has 0 bridgehead atoms. The maximum atomic E-state index is 12.3. The minimum absolute atomic E-state index is 0.172. The highest BCUT2D eigenvalue weighted by Gasteiger charge is 2.19. The van der Waals surface area contributed by atoms with Gasteiger partial charge in [-0.15, -0.1) is 0 Å². The highest BCUT2D eigenvalue weighted by Crippen LogP contribution is 2.13. The Labute approximate surface area is 130 Å². The largest absolute Gasteiger partial charge is 0.454 e. The van der Waals surface area contributed by atoms with Crippen molar-refractivity contribution >= 4 is 11.8 Å². The van der Waals surface area contributed by atoms with Gasteiger partial charge in [0.1, 0.15) is 0 Å². The molecule has 0 saturated carbocycles. The van der Waals surface area contributed by atoms with Crippen molar-refractivity contribution < 1.29 is 14.3 Å². The molecule has 22 heavy (non-hydrogen) atoms. The van der Waals surface area contributed by atoms with Crippen LogP contribution in [0.5, 0.6) is 0 Å². The number of esters is 1. The summed E-state index contributed by atoms with van der Waals surface area (Å²) in [4.78, 5) is 24.2. The minimum Gasteiger partial charge on any atom is -0.454 e. The first-order chi connectivity index (χ1) is 10.5. The predicted molar refractivity (Wildman–Crippen MR) is 85.9 cm³/mol. The number of carbonyl (C=O) groups is 2. The molecule has 0 spiro atoms. The van der Waals surface area contributed by atoms with E-state index in [4.69, 9.17) is 4.74 Å². The van der Waals surface area contributed by atoms with Gasteiger partial charge in [0.2, 0.25) is 5.78 Å². The Hall–Kier alpha value is -2.42. The van der Waals surface area contributed by atoms with Crippen LogP contribution in [-0.4, -0.2) is 17.9 Å². The summed E-state index contributed by atoms with van der Waals surface area (Å²) in [6.07, 6.45) is -0.607. The predicted octanol–water partition coefficient (Wildman–Crippen LogP) is 3.66. The average molecular weight is 296 g/mol. The van der Waals surface area contributed by atoms with Gasteiger partial charge in [0, 0.05) is 5.56 Å². The highest BCUT2D eigenvalue weighted by atomic mass is 16.5. The Morgan fingerprint density at radius 3 is 2.32 bits per heavy atom. The standard InChI is InChI=1S/C19H20O3/c1-13-9-10-17(11-14(13)2)19(21)15(3)22-18(20)12-16-7-5-4-6-8-16/h4-11,15H,12H2,1-3H3. The maximum Gasteiger partial charge on any atom is 0.310 e. The van der Waals surface area contributed by atoms with Crippen molar-refractivity contribution in [1.82, 2.24) is 0 Å². The molecule has 0 aliphatic heterocycles. The maximum absolute atomic E-state index is 12.3. The zero-order chi connectivity index (χ0) is 16.1. The second-order valence-electron chi connectivity index (χ2n) is 5.46. The molecule has 0 amide bonds. The molecular formula is C19H20O3. The molecule has 114 valence electrons. The van der Waals surface area contributed by atoms with Gasteiger partial charge in [0.15, 0.2) is 6.10 Å². The summed E-state index contributed by atoms with van der Waals surface area (Å²) in [5.74, 6) is -0.569. The zero-order valence-corrected chi connectivity index (χ0v) is 13.1. The lowest BCUT2D eigenvalue weighted by atomic mass is 10.0. The van der Waals surface area contributed by atoms with Crippen LogP contribution >= 0.6 is 0 Å². The summed E-state index contributed by atoms with van der Waals surface area (Å²) in [6, 6.07) is 14.8. The molecule has 0 saturated heterocycles. The molecule has 0 fully saturated rings. The summed E-state index contributed by atoms with van der Waals surface area (Å²) in [6.45, 7) is 5.56. The number of hydrogen-bond acceptors (Lipinski definition) is 3. The van der Waals surface area contributed by atoms with Crippen molar-refractivity contribution in [3.8, 4) is 0 Å². The summed E-state index contributed by atoms with van der Waals surface area (Å²) < 4.78 is 5.25. The fourth-order valence-electron chi connectivity index (χ4n) is 2.18. The number of aryl methyl sites for hydroxylation is 2. The number of Topliss-reactive ketones (excluding diaryl/α,β-unsaturated/α-hetero) is 1. The molecule has 2 aromatic carbocycles. The monoisotopic (exact) mass is 296 g/mol. The Balaban J connectivity index is 1.98. The smallest absolute Gasteiger partial charge is 0.310 e. The van der Waals surface area contributed by atoms with E-state index in [1.807, 2.05) is 56.3 Å². The minimum atomic E-state index is -0.779. The molecule has 1 unspecified atom stereocenters. The second-order valence-corrected chi connectivity index (χ2v) is 5.46. The first-order valence-electron chi connectivity index (χ1n) is 7.32. The summed E-state index contributed by atoms with van der Waals surface area (Å²) in [5, 5.41) is 0. The van der Waals surface area contributed by atoms with E-state index in [0.29, 0.717) is 5.56 Å². The molecular weight excluding hydrogens is 276 g/mol. The number of benzene rings is 2. The van der Waals surface area contributed by atoms with Crippen molar-refractivity contribution in [1.29, 1.82) is 0 Å². The third kappa shape index (κ3) is 4.04. The van der Waals surface area contributed by atoms with E-state index in [2.05, 4.69) is 0 Å². The number of ketones is 1. The number of rotatable bonds is 5. The van der Waals surface area contributed by atoms with Gasteiger partial charge in [-0.1, -0.05) is 42.5 Å². The SMILES string of the molecule is Cc1ccc(C(=O)C(C)OC(=O)Cc2ccccc2)cc1C. The lowest BCUT2D eigenvalue weighted by Gasteiger charge is -2.13. The molecule has 3 nitrogen and oxygen atoms in total. The van der Waals surface area contributed by atoms with Gasteiger partial charge in [0.25, 0.3) is 0 Å². The third-order valence-electron chi connectivity index (χ3n) is 3.66.